The van der Waals surface area contributed by atoms with Crippen molar-refractivity contribution < 1.29 is 0 Å². The van der Waals surface area contributed by atoms with Gasteiger partial charge in [0.25, 0.3) is 0 Å². The van der Waals surface area contributed by atoms with Gasteiger partial charge in [-0.15, -0.1) is 0 Å². The van der Waals surface area contributed by atoms with E-state index in [1.807, 2.05) is 38.0 Å². The molecule has 0 aliphatic heterocycles. The fourth-order valence-electron chi connectivity index (χ4n) is 2.33. The van der Waals surface area contributed by atoms with Gasteiger partial charge in [-0.2, -0.15) is 0 Å². The number of hydrogen-bond donors (Lipinski definition) is 2. The van der Waals surface area contributed by atoms with Gasteiger partial charge in [-0.1, -0.05) is 6.07 Å². The Hall–Kier alpha value is -2.14. The molecule has 0 radical (unpaired) electrons. The number of aryl methyl sites for hydroxylation is 1. The molecule has 2 aromatic heterocycles. The maximum atomic E-state index is 6.02. The molecule has 2 heterocycles. The SMILES string of the molecule is Cn1cnc2cc(-c3cnc(CC(C)(C)N)[nH]3)ccc21. The highest BCUT2D eigenvalue weighted by Crippen LogP contribution is 2.22. The summed E-state index contributed by atoms with van der Waals surface area (Å²) in [5.41, 5.74) is 9.95. The standard InChI is InChI=1S/C15H19N5/c1-15(2,16)7-14-17-8-12(19-14)10-4-5-13-11(6-10)18-9-20(13)3/h4-6,8-9H,7,16H2,1-3H3,(H,17,19). The minimum absolute atomic E-state index is 0.264. The lowest BCUT2D eigenvalue weighted by Crippen LogP contribution is -2.34. The molecular formula is C15H19N5. The van der Waals surface area contributed by atoms with Crippen LogP contribution >= 0.6 is 0 Å². The number of rotatable bonds is 3. The summed E-state index contributed by atoms with van der Waals surface area (Å²) in [5.74, 6) is 0.911. The van der Waals surface area contributed by atoms with Crippen molar-refractivity contribution in [2.24, 2.45) is 12.8 Å². The number of nitrogens with zero attached hydrogens (tertiary/aromatic N) is 3. The van der Waals surface area contributed by atoms with E-state index in [4.69, 9.17) is 5.73 Å². The highest BCUT2D eigenvalue weighted by atomic mass is 15.0. The monoisotopic (exact) mass is 269 g/mol. The zero-order valence-corrected chi connectivity index (χ0v) is 12.0. The Bertz CT molecular complexity index is 745. The van der Waals surface area contributed by atoms with Gasteiger partial charge < -0.3 is 15.3 Å². The van der Waals surface area contributed by atoms with E-state index in [1.54, 1.807) is 0 Å². The first-order chi connectivity index (χ1) is 9.42. The van der Waals surface area contributed by atoms with E-state index in [-0.39, 0.29) is 5.54 Å². The lowest BCUT2D eigenvalue weighted by Gasteiger charge is -2.15. The summed E-state index contributed by atoms with van der Waals surface area (Å²) in [5, 5.41) is 0. The number of H-pyrrole nitrogens is 1. The van der Waals surface area contributed by atoms with Gasteiger partial charge in [-0.25, -0.2) is 9.97 Å². The number of benzene rings is 1. The van der Waals surface area contributed by atoms with Gasteiger partial charge in [-0.3, -0.25) is 0 Å². The van der Waals surface area contributed by atoms with Crippen molar-refractivity contribution in [3.8, 4) is 11.3 Å². The van der Waals surface area contributed by atoms with Crippen LogP contribution in [0, 0.1) is 0 Å². The van der Waals surface area contributed by atoms with Crippen molar-refractivity contribution in [3.63, 3.8) is 0 Å². The second kappa shape index (κ2) is 4.45. The number of imidazole rings is 2. The fourth-order valence-corrected chi connectivity index (χ4v) is 2.33. The molecule has 3 rings (SSSR count). The first-order valence-electron chi connectivity index (χ1n) is 6.67. The van der Waals surface area contributed by atoms with Crippen molar-refractivity contribution in [3.05, 3.63) is 36.5 Å². The van der Waals surface area contributed by atoms with Crippen molar-refractivity contribution in [1.82, 2.24) is 19.5 Å². The van der Waals surface area contributed by atoms with Crippen LogP contribution in [0.3, 0.4) is 0 Å². The minimum atomic E-state index is -0.264. The van der Waals surface area contributed by atoms with Gasteiger partial charge >= 0.3 is 0 Å². The quantitative estimate of drug-likeness (QED) is 0.766. The highest BCUT2D eigenvalue weighted by Gasteiger charge is 2.14. The van der Waals surface area contributed by atoms with Gasteiger partial charge in [-0.05, 0) is 26.0 Å². The third-order valence-corrected chi connectivity index (χ3v) is 3.29. The van der Waals surface area contributed by atoms with Gasteiger partial charge in [0.15, 0.2) is 0 Å². The van der Waals surface area contributed by atoms with Crippen LogP contribution in [-0.4, -0.2) is 25.1 Å². The number of aromatic amines is 1. The average molecular weight is 269 g/mol. The van der Waals surface area contributed by atoms with Crippen LogP contribution in [0.5, 0.6) is 0 Å². The zero-order valence-electron chi connectivity index (χ0n) is 12.0. The molecule has 5 nitrogen and oxygen atoms in total. The number of aromatic nitrogens is 4. The second-order valence-electron chi connectivity index (χ2n) is 5.97. The molecule has 0 saturated heterocycles. The van der Waals surface area contributed by atoms with Crippen molar-refractivity contribution >= 4 is 11.0 Å². The molecule has 1 aromatic carbocycles. The summed E-state index contributed by atoms with van der Waals surface area (Å²) < 4.78 is 2.01. The van der Waals surface area contributed by atoms with E-state index < -0.39 is 0 Å². The number of fused-ring (bicyclic) bond motifs is 1. The van der Waals surface area contributed by atoms with E-state index in [0.717, 1.165) is 34.5 Å². The minimum Gasteiger partial charge on any atom is -0.342 e. The van der Waals surface area contributed by atoms with Gasteiger partial charge in [0.05, 0.1) is 29.3 Å². The van der Waals surface area contributed by atoms with E-state index in [2.05, 4.69) is 33.2 Å². The number of nitrogens with two attached hydrogens (primary N) is 1. The van der Waals surface area contributed by atoms with Crippen molar-refractivity contribution in [1.29, 1.82) is 0 Å². The Morgan fingerprint density at radius 1 is 1.30 bits per heavy atom. The summed E-state index contributed by atoms with van der Waals surface area (Å²) in [7, 11) is 1.99. The predicted molar refractivity (Wildman–Crippen MR) is 80.3 cm³/mol. The van der Waals surface area contributed by atoms with Crippen LogP contribution in [0.1, 0.15) is 19.7 Å². The van der Waals surface area contributed by atoms with E-state index in [9.17, 15) is 0 Å². The molecule has 0 amide bonds. The Balaban J connectivity index is 1.94. The van der Waals surface area contributed by atoms with Crippen LogP contribution in [0.4, 0.5) is 0 Å². The van der Waals surface area contributed by atoms with Gasteiger partial charge in [0.1, 0.15) is 5.82 Å². The Morgan fingerprint density at radius 3 is 2.85 bits per heavy atom. The summed E-state index contributed by atoms with van der Waals surface area (Å²) >= 11 is 0. The van der Waals surface area contributed by atoms with Crippen molar-refractivity contribution in [2.75, 3.05) is 0 Å². The van der Waals surface area contributed by atoms with Gasteiger partial charge in [0, 0.05) is 24.6 Å². The third kappa shape index (κ3) is 2.44. The number of hydrogen-bond acceptors (Lipinski definition) is 3. The molecule has 0 bridgehead atoms. The molecule has 0 unspecified atom stereocenters. The summed E-state index contributed by atoms with van der Waals surface area (Å²) in [6.07, 6.45) is 4.40. The highest BCUT2D eigenvalue weighted by molar-refractivity contribution is 5.81. The summed E-state index contributed by atoms with van der Waals surface area (Å²) in [6, 6.07) is 6.22. The summed E-state index contributed by atoms with van der Waals surface area (Å²) in [4.78, 5) is 12.1. The Morgan fingerprint density at radius 2 is 2.10 bits per heavy atom. The van der Waals surface area contributed by atoms with Crippen LogP contribution in [-0.2, 0) is 13.5 Å². The molecule has 0 spiro atoms. The first-order valence-corrected chi connectivity index (χ1v) is 6.67. The van der Waals surface area contributed by atoms with Crippen molar-refractivity contribution in [2.45, 2.75) is 25.8 Å². The molecule has 3 N–H and O–H groups in total. The smallest absolute Gasteiger partial charge is 0.108 e. The molecule has 5 heteroatoms. The van der Waals surface area contributed by atoms with E-state index in [0.29, 0.717) is 0 Å². The molecule has 0 atom stereocenters. The normalized spacial score (nSPS) is 12.2. The molecule has 0 saturated carbocycles. The maximum absolute atomic E-state index is 6.02. The molecule has 20 heavy (non-hydrogen) atoms. The van der Waals surface area contributed by atoms with E-state index in [1.165, 1.54) is 0 Å². The average Bonchev–Trinajstić information content (AvgIpc) is 2.95. The van der Waals surface area contributed by atoms with Crippen LogP contribution in [0.15, 0.2) is 30.7 Å². The maximum Gasteiger partial charge on any atom is 0.108 e. The lowest BCUT2D eigenvalue weighted by atomic mass is 10.0. The van der Waals surface area contributed by atoms with Crippen LogP contribution in [0.25, 0.3) is 22.3 Å². The Labute approximate surface area is 117 Å². The molecular weight excluding hydrogens is 250 g/mol. The first kappa shape index (κ1) is 12.9. The molecule has 0 aliphatic rings. The largest absolute Gasteiger partial charge is 0.342 e. The van der Waals surface area contributed by atoms with Crippen LogP contribution < -0.4 is 5.73 Å². The number of nitrogens with one attached hydrogen (secondary N) is 1. The third-order valence-electron chi connectivity index (χ3n) is 3.29. The Kier molecular flexibility index (Phi) is 2.87. The fraction of sp³-hybridized carbons (Fsp3) is 0.333. The zero-order chi connectivity index (χ0) is 14.3. The lowest BCUT2D eigenvalue weighted by molar-refractivity contribution is 0.505. The van der Waals surface area contributed by atoms with Gasteiger partial charge in [0.2, 0.25) is 0 Å². The van der Waals surface area contributed by atoms with E-state index >= 15 is 0 Å². The summed E-state index contributed by atoms with van der Waals surface area (Å²) in [6.45, 7) is 3.99. The molecule has 0 fully saturated rings. The molecule has 0 aliphatic carbocycles. The molecule has 3 aromatic rings. The predicted octanol–water partition coefficient (Wildman–Crippen LogP) is 2.24. The van der Waals surface area contributed by atoms with Crippen LogP contribution in [0.2, 0.25) is 0 Å². The molecule has 104 valence electrons. The topological polar surface area (TPSA) is 72.5 Å². The second-order valence-corrected chi connectivity index (χ2v) is 5.97.